The number of nitrogens with zero attached hydrogens (tertiary/aromatic N) is 3. The average molecular weight is 278 g/mol. The molecule has 106 valence electrons. The van der Waals surface area contributed by atoms with Crippen LogP contribution in [0.25, 0.3) is 22.2 Å². The van der Waals surface area contributed by atoms with Gasteiger partial charge in [0, 0.05) is 41.6 Å². The molecular weight excluding hydrogens is 260 g/mol. The maximum absolute atomic E-state index is 4.63. The van der Waals surface area contributed by atoms with Crippen molar-refractivity contribution in [1.82, 2.24) is 15.0 Å². The molecule has 4 heteroatoms. The Bertz CT molecular complexity index is 762. The summed E-state index contributed by atoms with van der Waals surface area (Å²) in [6.45, 7) is 5.03. The summed E-state index contributed by atoms with van der Waals surface area (Å²) in [4.78, 5) is 13.5. The van der Waals surface area contributed by atoms with Crippen molar-refractivity contribution in [2.75, 3.05) is 11.9 Å². The smallest absolute Gasteiger partial charge is 0.163 e. The number of benzene rings is 1. The van der Waals surface area contributed by atoms with E-state index in [1.807, 2.05) is 37.5 Å². The van der Waals surface area contributed by atoms with Crippen LogP contribution in [0.5, 0.6) is 0 Å². The zero-order valence-electron chi connectivity index (χ0n) is 12.3. The monoisotopic (exact) mass is 278 g/mol. The third-order valence-electron chi connectivity index (χ3n) is 3.32. The molecule has 1 aromatic carbocycles. The number of aromatic nitrogens is 3. The predicted molar refractivity (Wildman–Crippen MR) is 86.3 cm³/mol. The third-order valence-corrected chi connectivity index (χ3v) is 3.32. The van der Waals surface area contributed by atoms with Crippen molar-refractivity contribution in [1.29, 1.82) is 0 Å². The Kier molecular flexibility index (Phi) is 3.77. The van der Waals surface area contributed by atoms with Crippen molar-refractivity contribution in [3.8, 4) is 11.4 Å². The van der Waals surface area contributed by atoms with Crippen molar-refractivity contribution in [2.24, 2.45) is 0 Å². The van der Waals surface area contributed by atoms with Crippen LogP contribution in [0.1, 0.15) is 19.0 Å². The molecule has 0 unspecified atom stereocenters. The van der Waals surface area contributed by atoms with Gasteiger partial charge in [-0.1, -0.05) is 31.2 Å². The summed E-state index contributed by atoms with van der Waals surface area (Å²) < 4.78 is 0. The Labute approximate surface area is 124 Å². The molecule has 3 aromatic rings. The highest BCUT2D eigenvalue weighted by atomic mass is 15.0. The van der Waals surface area contributed by atoms with Crippen LogP contribution < -0.4 is 5.32 Å². The molecule has 0 fully saturated rings. The van der Waals surface area contributed by atoms with E-state index < -0.39 is 0 Å². The van der Waals surface area contributed by atoms with E-state index in [-0.39, 0.29) is 0 Å². The van der Waals surface area contributed by atoms with Gasteiger partial charge in [0.15, 0.2) is 5.82 Å². The van der Waals surface area contributed by atoms with Crippen LogP contribution in [0.15, 0.2) is 42.7 Å². The minimum atomic E-state index is 0.720. The second-order valence-electron chi connectivity index (χ2n) is 5.05. The van der Waals surface area contributed by atoms with Gasteiger partial charge in [0.25, 0.3) is 0 Å². The fourth-order valence-electron chi connectivity index (χ4n) is 2.33. The highest BCUT2D eigenvalue weighted by Gasteiger charge is 2.09. The van der Waals surface area contributed by atoms with E-state index >= 15 is 0 Å². The highest BCUT2D eigenvalue weighted by molar-refractivity contribution is 5.94. The molecule has 4 nitrogen and oxygen atoms in total. The number of nitrogens with one attached hydrogen (secondary N) is 1. The molecular formula is C17H18N4. The summed E-state index contributed by atoms with van der Waals surface area (Å²) in [6, 6.07) is 10.1. The van der Waals surface area contributed by atoms with Crippen LogP contribution in [0.4, 0.5) is 5.82 Å². The van der Waals surface area contributed by atoms with Gasteiger partial charge < -0.3 is 5.32 Å². The summed E-state index contributed by atoms with van der Waals surface area (Å²) >= 11 is 0. The molecule has 0 aliphatic heterocycles. The van der Waals surface area contributed by atoms with Gasteiger partial charge in [-0.2, -0.15) is 0 Å². The third kappa shape index (κ3) is 2.84. The second-order valence-corrected chi connectivity index (χ2v) is 5.05. The zero-order chi connectivity index (χ0) is 14.7. The van der Waals surface area contributed by atoms with E-state index in [0.29, 0.717) is 0 Å². The highest BCUT2D eigenvalue weighted by Crippen LogP contribution is 2.26. The van der Waals surface area contributed by atoms with Crippen molar-refractivity contribution in [3.63, 3.8) is 0 Å². The van der Waals surface area contributed by atoms with E-state index in [4.69, 9.17) is 0 Å². The quantitative estimate of drug-likeness (QED) is 0.788. The van der Waals surface area contributed by atoms with Crippen LogP contribution in [0.3, 0.4) is 0 Å². The second kappa shape index (κ2) is 5.87. The van der Waals surface area contributed by atoms with Gasteiger partial charge in [0.2, 0.25) is 0 Å². The molecule has 0 amide bonds. The van der Waals surface area contributed by atoms with Crippen molar-refractivity contribution in [3.05, 3.63) is 48.4 Å². The lowest BCUT2D eigenvalue weighted by molar-refractivity contribution is 0.962. The first-order valence-electron chi connectivity index (χ1n) is 7.20. The Balaban J connectivity index is 2.12. The molecule has 0 spiro atoms. The first kappa shape index (κ1) is 13.5. The molecule has 0 bridgehead atoms. The lowest BCUT2D eigenvalue weighted by Gasteiger charge is -2.09. The molecule has 0 atom stereocenters. The van der Waals surface area contributed by atoms with Crippen LogP contribution in [0, 0.1) is 6.92 Å². The van der Waals surface area contributed by atoms with Crippen LogP contribution in [-0.2, 0) is 0 Å². The van der Waals surface area contributed by atoms with E-state index in [2.05, 4.69) is 39.3 Å². The van der Waals surface area contributed by atoms with Crippen LogP contribution in [0.2, 0.25) is 0 Å². The van der Waals surface area contributed by atoms with Crippen molar-refractivity contribution >= 4 is 16.6 Å². The van der Waals surface area contributed by atoms with E-state index in [9.17, 15) is 0 Å². The lowest BCUT2D eigenvalue weighted by atomic mass is 10.1. The normalized spacial score (nSPS) is 10.8. The lowest BCUT2D eigenvalue weighted by Crippen LogP contribution is -2.04. The number of rotatable bonds is 4. The molecule has 2 heterocycles. The summed E-state index contributed by atoms with van der Waals surface area (Å²) in [5.41, 5.74) is 1.92. The Morgan fingerprint density at radius 2 is 1.95 bits per heavy atom. The van der Waals surface area contributed by atoms with Gasteiger partial charge in [0.1, 0.15) is 5.82 Å². The van der Waals surface area contributed by atoms with Gasteiger partial charge in [-0.25, -0.2) is 9.97 Å². The minimum Gasteiger partial charge on any atom is -0.370 e. The molecule has 0 aliphatic carbocycles. The fourth-order valence-corrected chi connectivity index (χ4v) is 2.33. The Hall–Kier alpha value is -2.49. The molecule has 1 N–H and O–H groups in total. The van der Waals surface area contributed by atoms with Gasteiger partial charge >= 0.3 is 0 Å². The Morgan fingerprint density at radius 1 is 1.10 bits per heavy atom. The van der Waals surface area contributed by atoms with E-state index in [1.165, 1.54) is 0 Å². The number of aryl methyl sites for hydroxylation is 1. The fraction of sp³-hybridized carbons (Fsp3) is 0.235. The molecule has 0 saturated heterocycles. The average Bonchev–Trinajstić information content (AvgIpc) is 2.52. The molecule has 0 radical (unpaired) electrons. The van der Waals surface area contributed by atoms with Gasteiger partial charge in [-0.15, -0.1) is 0 Å². The predicted octanol–water partition coefficient (Wildman–Crippen LogP) is 3.82. The van der Waals surface area contributed by atoms with Crippen molar-refractivity contribution < 1.29 is 0 Å². The maximum Gasteiger partial charge on any atom is 0.163 e. The standard InChI is InChI=1S/C17H18N4/c1-3-8-19-16-9-12(2)20-17(21-16)15-11-18-10-13-6-4-5-7-14(13)15/h4-7,9-11H,3,8H2,1-2H3,(H,19,20,21). The van der Waals surface area contributed by atoms with Crippen LogP contribution in [-0.4, -0.2) is 21.5 Å². The SMILES string of the molecule is CCCNc1cc(C)nc(-c2cncc3ccccc23)n1. The first-order chi connectivity index (χ1) is 10.3. The number of fused-ring (bicyclic) bond motifs is 1. The summed E-state index contributed by atoms with van der Waals surface area (Å²) in [5.74, 6) is 1.59. The molecule has 2 aromatic heterocycles. The molecule has 21 heavy (non-hydrogen) atoms. The number of hydrogen-bond acceptors (Lipinski definition) is 4. The molecule has 3 rings (SSSR count). The van der Waals surface area contributed by atoms with E-state index in [1.54, 1.807) is 0 Å². The van der Waals surface area contributed by atoms with Gasteiger partial charge in [-0.3, -0.25) is 4.98 Å². The molecule has 0 aliphatic rings. The minimum absolute atomic E-state index is 0.720. The summed E-state index contributed by atoms with van der Waals surface area (Å²) in [7, 11) is 0. The number of anilines is 1. The number of hydrogen-bond donors (Lipinski definition) is 1. The van der Waals surface area contributed by atoms with Gasteiger partial charge in [0.05, 0.1) is 0 Å². The van der Waals surface area contributed by atoms with E-state index in [0.717, 1.165) is 46.6 Å². The van der Waals surface area contributed by atoms with Crippen LogP contribution >= 0.6 is 0 Å². The number of pyridine rings is 1. The van der Waals surface area contributed by atoms with Crippen molar-refractivity contribution in [2.45, 2.75) is 20.3 Å². The zero-order valence-corrected chi connectivity index (χ0v) is 12.3. The summed E-state index contributed by atoms with van der Waals surface area (Å²) in [6.07, 6.45) is 4.76. The largest absolute Gasteiger partial charge is 0.370 e. The first-order valence-corrected chi connectivity index (χ1v) is 7.20. The van der Waals surface area contributed by atoms with Gasteiger partial charge in [-0.05, 0) is 18.7 Å². The maximum atomic E-state index is 4.63. The topological polar surface area (TPSA) is 50.7 Å². The molecule has 0 saturated carbocycles. The summed E-state index contributed by atoms with van der Waals surface area (Å²) in [5, 5.41) is 5.55. The Morgan fingerprint density at radius 3 is 2.81 bits per heavy atom.